The number of carbonyl (C=O) groups excluding carboxylic acids is 3. The van der Waals surface area contributed by atoms with Gasteiger partial charge < -0.3 is 20.4 Å². The number of imide groups is 1. The summed E-state index contributed by atoms with van der Waals surface area (Å²) in [4.78, 5) is 46.2. The summed E-state index contributed by atoms with van der Waals surface area (Å²) < 4.78 is 0. The lowest BCUT2D eigenvalue weighted by molar-refractivity contribution is -0.127. The molecule has 3 heterocycles. The van der Waals surface area contributed by atoms with Crippen molar-refractivity contribution in [1.29, 1.82) is 0 Å². The first-order chi connectivity index (χ1) is 12.4. The smallest absolute Gasteiger partial charge is 0.325 e. The zero-order valence-corrected chi connectivity index (χ0v) is 15.5. The molecule has 0 spiro atoms. The van der Waals surface area contributed by atoms with Gasteiger partial charge in [0, 0.05) is 32.6 Å². The monoisotopic (exact) mass is 364 g/mol. The number of nitrogens with zero attached hydrogens (tertiary/aromatic N) is 4. The van der Waals surface area contributed by atoms with Crippen molar-refractivity contribution in [3.05, 3.63) is 0 Å². The van der Waals surface area contributed by atoms with Crippen LogP contribution in [0.15, 0.2) is 4.99 Å². The van der Waals surface area contributed by atoms with Crippen LogP contribution in [-0.2, 0) is 9.59 Å². The Bertz CT molecular complexity index is 614. The molecule has 3 rings (SSSR count). The van der Waals surface area contributed by atoms with E-state index in [0.29, 0.717) is 25.9 Å². The number of fused-ring (bicyclic) bond motifs is 1. The molecule has 26 heavy (non-hydrogen) atoms. The topological polar surface area (TPSA) is 111 Å². The maximum Gasteiger partial charge on any atom is 0.325 e. The van der Waals surface area contributed by atoms with Crippen molar-refractivity contribution in [2.45, 2.75) is 51.2 Å². The number of nitrogens with two attached hydrogens (primary N) is 1. The van der Waals surface area contributed by atoms with Gasteiger partial charge in [0.1, 0.15) is 0 Å². The molecular formula is C17H28N6O3. The Kier molecular flexibility index (Phi) is 5.33. The lowest BCUT2D eigenvalue weighted by Crippen LogP contribution is -2.64. The van der Waals surface area contributed by atoms with Gasteiger partial charge in [-0.2, -0.15) is 0 Å². The molecule has 2 fully saturated rings. The maximum atomic E-state index is 12.5. The minimum absolute atomic E-state index is 0.100. The summed E-state index contributed by atoms with van der Waals surface area (Å²) in [5, 5.41) is 2.42. The summed E-state index contributed by atoms with van der Waals surface area (Å²) in [6, 6.07) is -0.902. The highest BCUT2D eigenvalue weighted by Crippen LogP contribution is 2.28. The van der Waals surface area contributed by atoms with E-state index in [-0.39, 0.29) is 17.7 Å². The average Bonchev–Trinajstić information content (AvgIpc) is 3.00. The van der Waals surface area contributed by atoms with Crippen LogP contribution in [0.1, 0.15) is 39.0 Å². The van der Waals surface area contributed by atoms with Gasteiger partial charge in [0.15, 0.2) is 18.2 Å². The van der Waals surface area contributed by atoms with E-state index in [2.05, 4.69) is 17.1 Å². The normalized spacial score (nSPS) is 26.7. The summed E-state index contributed by atoms with van der Waals surface area (Å²) in [7, 11) is 1.66. The lowest BCUT2D eigenvalue weighted by atomic mass is 9.96. The number of amides is 4. The Morgan fingerprint density at radius 3 is 2.58 bits per heavy atom. The highest BCUT2D eigenvalue weighted by Gasteiger charge is 2.49. The van der Waals surface area contributed by atoms with E-state index in [0.717, 1.165) is 31.8 Å². The van der Waals surface area contributed by atoms with Gasteiger partial charge in [-0.25, -0.2) is 9.79 Å². The number of rotatable bonds is 5. The summed E-state index contributed by atoms with van der Waals surface area (Å²) >= 11 is 0. The molecule has 9 heteroatoms. The first kappa shape index (κ1) is 18.5. The first-order valence-electron chi connectivity index (χ1n) is 9.40. The number of piperidine rings is 1. The van der Waals surface area contributed by atoms with Crippen LogP contribution >= 0.6 is 0 Å². The molecule has 9 nitrogen and oxygen atoms in total. The number of aliphatic imine (C=N–C) groups is 1. The molecule has 2 atom stereocenters. The number of primary amides is 1. The van der Waals surface area contributed by atoms with Crippen LogP contribution in [0.5, 0.6) is 0 Å². The Morgan fingerprint density at radius 1 is 1.27 bits per heavy atom. The van der Waals surface area contributed by atoms with Crippen LogP contribution in [0.25, 0.3) is 0 Å². The van der Waals surface area contributed by atoms with Gasteiger partial charge in [0.25, 0.3) is 5.91 Å². The minimum Gasteiger partial charge on any atom is -0.369 e. The highest BCUT2D eigenvalue weighted by molar-refractivity contribution is 6.03. The second kappa shape index (κ2) is 7.51. The van der Waals surface area contributed by atoms with E-state index in [1.807, 2.05) is 4.90 Å². The van der Waals surface area contributed by atoms with Crippen LogP contribution in [-0.4, -0.2) is 77.4 Å². The number of hydrogen-bond donors (Lipinski definition) is 2. The third-order valence-corrected chi connectivity index (χ3v) is 5.52. The largest absolute Gasteiger partial charge is 0.369 e. The van der Waals surface area contributed by atoms with Gasteiger partial charge in [-0.1, -0.05) is 19.8 Å². The van der Waals surface area contributed by atoms with Crippen LogP contribution in [0.4, 0.5) is 4.79 Å². The Morgan fingerprint density at radius 2 is 1.96 bits per heavy atom. The summed E-state index contributed by atoms with van der Waals surface area (Å²) in [6.07, 6.45) is 3.99. The molecule has 2 unspecified atom stereocenters. The number of guanidine groups is 1. The zero-order chi connectivity index (χ0) is 18.8. The quantitative estimate of drug-likeness (QED) is 0.663. The lowest BCUT2D eigenvalue weighted by Gasteiger charge is -2.39. The summed E-state index contributed by atoms with van der Waals surface area (Å²) in [6.45, 7) is 4.21. The molecule has 0 saturated carbocycles. The number of carbonyl (C=O) groups is 3. The zero-order valence-electron chi connectivity index (χ0n) is 15.5. The molecule has 0 aliphatic carbocycles. The Hall–Kier alpha value is -2.32. The number of hydrogen-bond acceptors (Lipinski definition) is 6. The SMILES string of the molecule is CCCCCN1C(N2CCC(C(N)=O)CC2)=NC2C1C(=O)NC(=O)N2C. The van der Waals surface area contributed by atoms with Crippen LogP contribution < -0.4 is 11.1 Å². The van der Waals surface area contributed by atoms with E-state index in [4.69, 9.17) is 10.7 Å². The van der Waals surface area contributed by atoms with Crippen LogP contribution in [0, 0.1) is 5.92 Å². The molecule has 0 bridgehead atoms. The molecule has 0 aromatic carbocycles. The van der Waals surface area contributed by atoms with Crippen molar-refractivity contribution >= 4 is 23.8 Å². The van der Waals surface area contributed by atoms with E-state index in [1.54, 1.807) is 7.05 Å². The van der Waals surface area contributed by atoms with Crippen molar-refractivity contribution in [3.63, 3.8) is 0 Å². The van der Waals surface area contributed by atoms with Gasteiger partial charge in [0.2, 0.25) is 5.91 Å². The van der Waals surface area contributed by atoms with Crippen molar-refractivity contribution in [2.24, 2.45) is 16.6 Å². The third-order valence-electron chi connectivity index (χ3n) is 5.52. The Labute approximate surface area is 153 Å². The summed E-state index contributed by atoms with van der Waals surface area (Å²) in [5.74, 6) is 0.115. The molecule has 4 amide bonds. The molecule has 3 aliphatic heterocycles. The predicted octanol–water partition coefficient (Wildman–Crippen LogP) is -0.0782. The highest BCUT2D eigenvalue weighted by atomic mass is 16.2. The van der Waals surface area contributed by atoms with Gasteiger partial charge >= 0.3 is 6.03 Å². The molecule has 0 radical (unpaired) electrons. The second-order valence-electron chi connectivity index (χ2n) is 7.26. The number of unbranched alkanes of at least 4 members (excludes halogenated alkanes) is 2. The minimum atomic E-state index is -0.498. The molecule has 3 N–H and O–H groups in total. The molecule has 2 saturated heterocycles. The van der Waals surface area contributed by atoms with E-state index in [9.17, 15) is 14.4 Å². The molecule has 144 valence electrons. The van der Waals surface area contributed by atoms with E-state index >= 15 is 0 Å². The number of urea groups is 1. The predicted molar refractivity (Wildman–Crippen MR) is 96.0 cm³/mol. The summed E-state index contributed by atoms with van der Waals surface area (Å²) in [5.41, 5.74) is 5.43. The fourth-order valence-corrected chi connectivity index (χ4v) is 3.91. The van der Waals surface area contributed by atoms with Crippen LogP contribution in [0.3, 0.4) is 0 Å². The number of likely N-dealkylation sites (N-methyl/N-ethyl adjacent to an activating group) is 1. The fourth-order valence-electron chi connectivity index (χ4n) is 3.91. The van der Waals surface area contributed by atoms with Gasteiger partial charge in [-0.05, 0) is 19.3 Å². The van der Waals surface area contributed by atoms with Crippen molar-refractivity contribution in [1.82, 2.24) is 20.0 Å². The number of likely N-dealkylation sites (tertiary alicyclic amines) is 1. The number of nitrogens with one attached hydrogen (secondary N) is 1. The van der Waals surface area contributed by atoms with Gasteiger partial charge in [0.05, 0.1) is 0 Å². The van der Waals surface area contributed by atoms with Crippen molar-refractivity contribution < 1.29 is 14.4 Å². The third kappa shape index (κ3) is 3.34. The first-order valence-corrected chi connectivity index (χ1v) is 9.40. The molecule has 0 aromatic rings. The standard InChI is InChI=1S/C17H28N6O3/c1-3-4-5-8-23-12-14(21(2)17(26)20-15(12)25)19-16(23)22-9-6-11(7-10-22)13(18)24/h11-12,14H,3-10H2,1-2H3,(H2,18,24)(H,20,25,26). The van der Waals surface area contributed by atoms with E-state index < -0.39 is 18.2 Å². The second-order valence-corrected chi connectivity index (χ2v) is 7.26. The average molecular weight is 364 g/mol. The molecule has 3 aliphatic rings. The van der Waals surface area contributed by atoms with Gasteiger partial charge in [-0.15, -0.1) is 0 Å². The molecular weight excluding hydrogens is 336 g/mol. The maximum absolute atomic E-state index is 12.5. The Balaban J connectivity index is 1.80. The molecule has 0 aromatic heterocycles. The van der Waals surface area contributed by atoms with Gasteiger partial charge in [-0.3, -0.25) is 14.9 Å². The van der Waals surface area contributed by atoms with E-state index in [1.165, 1.54) is 4.90 Å². The van der Waals surface area contributed by atoms with Crippen LogP contribution in [0.2, 0.25) is 0 Å². The van der Waals surface area contributed by atoms with Crippen molar-refractivity contribution in [3.8, 4) is 0 Å². The van der Waals surface area contributed by atoms with Crippen molar-refractivity contribution in [2.75, 3.05) is 26.7 Å². The fraction of sp³-hybridized carbons (Fsp3) is 0.765.